The van der Waals surface area contributed by atoms with Crippen molar-refractivity contribution in [3.63, 3.8) is 0 Å². The van der Waals surface area contributed by atoms with Gasteiger partial charge in [0.05, 0.1) is 6.10 Å². The van der Waals surface area contributed by atoms with Crippen molar-refractivity contribution in [1.29, 1.82) is 0 Å². The van der Waals surface area contributed by atoms with Crippen molar-refractivity contribution in [3.05, 3.63) is 50.9 Å². The molecular formula is C21H27ClN4O6. The van der Waals surface area contributed by atoms with Gasteiger partial charge in [0.25, 0.3) is 0 Å². The van der Waals surface area contributed by atoms with Gasteiger partial charge < -0.3 is 29.6 Å². The summed E-state index contributed by atoms with van der Waals surface area (Å²) in [4.78, 5) is 27.8. The van der Waals surface area contributed by atoms with Crippen molar-refractivity contribution in [1.82, 2.24) is 14.5 Å². The second-order valence-electron chi connectivity index (χ2n) is 8.65. The Labute approximate surface area is 190 Å². The summed E-state index contributed by atoms with van der Waals surface area (Å²) in [6, 6.07) is 5.67. The van der Waals surface area contributed by atoms with E-state index >= 15 is 0 Å². The Morgan fingerprint density at radius 2 is 2.12 bits per heavy atom. The minimum absolute atomic E-state index is 0.00551. The lowest BCUT2D eigenvalue weighted by Crippen LogP contribution is -2.39. The minimum Gasteiger partial charge on any atom is -0.491 e. The maximum atomic E-state index is 12.4. The highest BCUT2D eigenvalue weighted by molar-refractivity contribution is 6.28. The summed E-state index contributed by atoms with van der Waals surface area (Å²) in [7, 11) is 0. The third-order valence-corrected chi connectivity index (χ3v) is 5.19. The maximum Gasteiger partial charge on any atom is 0.410 e. The maximum absolute atomic E-state index is 12.4. The first-order valence-corrected chi connectivity index (χ1v) is 10.7. The zero-order valence-electron chi connectivity index (χ0n) is 18.3. The van der Waals surface area contributed by atoms with Gasteiger partial charge in [-0.1, -0.05) is 6.07 Å². The Bertz CT molecular complexity index is 987. The Morgan fingerprint density at radius 1 is 1.38 bits per heavy atom. The number of carbonyl (C=O) groups is 1. The largest absolute Gasteiger partial charge is 0.491 e. The molecule has 32 heavy (non-hydrogen) atoms. The van der Waals surface area contributed by atoms with Gasteiger partial charge in [0.15, 0.2) is 0 Å². The third kappa shape index (κ3) is 6.33. The number of benzene rings is 1. The molecule has 3 rings (SSSR count). The molecule has 0 fully saturated rings. The molecule has 1 aliphatic heterocycles. The lowest BCUT2D eigenvalue weighted by Gasteiger charge is -2.31. The quantitative estimate of drug-likeness (QED) is 0.489. The second kappa shape index (κ2) is 9.74. The molecule has 10 nitrogen and oxygen atoms in total. The topological polar surface area (TPSA) is 120 Å². The van der Waals surface area contributed by atoms with E-state index in [1.807, 2.05) is 39.0 Å². The number of imidazole rings is 1. The molecule has 0 spiro atoms. The number of aromatic nitrogens is 2. The molecule has 0 radical (unpaired) electrons. The molecular weight excluding hydrogens is 440 g/mol. The van der Waals surface area contributed by atoms with Crippen molar-refractivity contribution in [2.24, 2.45) is 0 Å². The molecule has 2 aromatic rings. The molecule has 0 aliphatic carbocycles. The summed E-state index contributed by atoms with van der Waals surface area (Å²) in [6.07, 6.45) is 1.10. The van der Waals surface area contributed by atoms with E-state index in [1.54, 1.807) is 4.90 Å². The summed E-state index contributed by atoms with van der Waals surface area (Å²) in [6.45, 7) is 6.84. The normalized spacial score (nSPS) is 14.6. The van der Waals surface area contributed by atoms with Crippen LogP contribution in [0.1, 0.15) is 38.3 Å². The van der Waals surface area contributed by atoms with Crippen LogP contribution in [0.3, 0.4) is 0 Å². The number of ether oxygens (including phenoxy) is 2. The average Bonchev–Trinajstić information content (AvgIpc) is 3.09. The van der Waals surface area contributed by atoms with Crippen LogP contribution in [0.2, 0.25) is 5.28 Å². The number of nitrogens with zero attached hydrogens (tertiary/aromatic N) is 4. The Kier molecular flexibility index (Phi) is 7.25. The van der Waals surface area contributed by atoms with Crippen molar-refractivity contribution < 1.29 is 24.3 Å². The summed E-state index contributed by atoms with van der Waals surface area (Å²) in [5, 5.41) is 21.0. The number of carbonyl (C=O) groups excluding carboxylic acids is 1. The second-order valence-corrected chi connectivity index (χ2v) is 8.99. The van der Waals surface area contributed by atoms with Crippen LogP contribution < -0.4 is 4.74 Å². The van der Waals surface area contributed by atoms with Gasteiger partial charge in [0.1, 0.15) is 24.2 Å². The van der Waals surface area contributed by atoms with Gasteiger partial charge in [-0.15, -0.1) is 0 Å². The monoisotopic (exact) mass is 466 g/mol. The number of hydrogen-bond acceptors (Lipinski definition) is 7. The molecule has 2 heterocycles. The average molecular weight is 467 g/mol. The molecule has 0 unspecified atom stereocenters. The molecule has 174 valence electrons. The van der Waals surface area contributed by atoms with Crippen molar-refractivity contribution >= 4 is 23.5 Å². The molecule has 0 saturated heterocycles. The van der Waals surface area contributed by atoms with E-state index in [1.165, 1.54) is 10.8 Å². The molecule has 11 heteroatoms. The van der Waals surface area contributed by atoms with Gasteiger partial charge in [-0.2, -0.15) is 0 Å². The Balaban J connectivity index is 1.52. The number of nitro groups is 1. The number of aliphatic hydroxyl groups excluding tert-OH is 1. The first-order chi connectivity index (χ1) is 15.0. The van der Waals surface area contributed by atoms with Gasteiger partial charge in [-0.25, -0.2) is 4.79 Å². The number of hydrogen-bond donors (Lipinski definition) is 1. The van der Waals surface area contributed by atoms with Gasteiger partial charge in [-0.05, 0) is 78.4 Å². The van der Waals surface area contributed by atoms with E-state index in [9.17, 15) is 20.0 Å². The molecule has 1 amide bonds. The number of aryl methyl sites for hydroxylation is 1. The van der Waals surface area contributed by atoms with Crippen LogP contribution in [0.5, 0.6) is 5.75 Å². The van der Waals surface area contributed by atoms with E-state index in [0.717, 1.165) is 17.5 Å². The number of amides is 1. The van der Waals surface area contributed by atoms with Gasteiger partial charge in [-0.3, -0.25) is 4.57 Å². The molecule has 1 aromatic carbocycles. The van der Waals surface area contributed by atoms with Crippen LogP contribution in [0.15, 0.2) is 24.4 Å². The molecule has 0 bridgehead atoms. The van der Waals surface area contributed by atoms with Crippen molar-refractivity contribution in [2.45, 2.75) is 58.4 Å². The molecule has 1 atom stereocenters. The number of aliphatic hydroxyl groups is 1. The van der Waals surface area contributed by atoms with Crippen molar-refractivity contribution in [3.8, 4) is 5.75 Å². The van der Waals surface area contributed by atoms with E-state index < -0.39 is 16.6 Å². The van der Waals surface area contributed by atoms with Crippen molar-refractivity contribution in [2.75, 3.05) is 13.2 Å². The summed E-state index contributed by atoms with van der Waals surface area (Å²) >= 11 is 5.88. The lowest BCUT2D eigenvalue weighted by atomic mass is 10.00. The smallest absolute Gasteiger partial charge is 0.410 e. The van der Waals surface area contributed by atoms with Crippen LogP contribution >= 0.6 is 11.6 Å². The third-order valence-electron chi connectivity index (χ3n) is 4.89. The van der Waals surface area contributed by atoms with E-state index in [2.05, 4.69) is 4.98 Å². The molecule has 0 saturated carbocycles. The Morgan fingerprint density at radius 3 is 2.78 bits per heavy atom. The predicted octanol–water partition coefficient (Wildman–Crippen LogP) is 3.57. The fourth-order valence-corrected chi connectivity index (χ4v) is 3.51. The van der Waals surface area contributed by atoms with Gasteiger partial charge in [0, 0.05) is 19.6 Å². The lowest BCUT2D eigenvalue weighted by molar-refractivity contribution is -0.389. The minimum atomic E-state index is -0.804. The van der Waals surface area contributed by atoms with E-state index in [4.69, 9.17) is 21.1 Å². The number of fused-ring (bicyclic) bond motifs is 1. The van der Waals surface area contributed by atoms with Crippen LogP contribution in [0.25, 0.3) is 0 Å². The number of rotatable bonds is 7. The highest BCUT2D eigenvalue weighted by Crippen LogP contribution is 2.25. The standard InChI is InChI=1S/C21H27ClN4O6/c1-21(2,3)32-20(28)25-8-6-14-4-5-17(10-15(14)11-25)31-13-16(27)7-9-24-12-18(26(29)30)23-19(24)22/h4-5,10,12,16,27H,6-9,11,13H2,1-3H3/t16-/m1/s1. The van der Waals surface area contributed by atoms with Gasteiger partial charge in [0.2, 0.25) is 0 Å². The SMILES string of the molecule is CC(C)(C)OC(=O)N1CCc2ccc(OC[C@H](O)CCn3cc([N+](=O)[O-])nc3Cl)cc2C1. The van der Waals surface area contributed by atoms with Crippen LogP contribution in [0.4, 0.5) is 10.6 Å². The first kappa shape index (κ1) is 23.8. The van der Waals surface area contributed by atoms with E-state index in [-0.39, 0.29) is 36.8 Å². The highest BCUT2D eigenvalue weighted by Gasteiger charge is 2.26. The summed E-state index contributed by atoms with van der Waals surface area (Å²) in [5.74, 6) is 0.250. The zero-order chi connectivity index (χ0) is 23.5. The number of halogens is 1. The van der Waals surface area contributed by atoms with Crippen LogP contribution in [-0.2, 0) is 24.2 Å². The molecule has 1 aliphatic rings. The fourth-order valence-electron chi connectivity index (χ4n) is 3.29. The van der Waals surface area contributed by atoms with Crippen LogP contribution in [0, 0.1) is 10.1 Å². The predicted molar refractivity (Wildman–Crippen MR) is 117 cm³/mol. The zero-order valence-corrected chi connectivity index (χ0v) is 19.0. The highest BCUT2D eigenvalue weighted by atomic mass is 35.5. The van der Waals surface area contributed by atoms with Crippen LogP contribution in [-0.4, -0.2) is 55.4 Å². The molecule has 1 aromatic heterocycles. The summed E-state index contributed by atoms with van der Waals surface area (Å²) in [5.41, 5.74) is 1.57. The first-order valence-electron chi connectivity index (χ1n) is 10.3. The molecule has 1 N–H and O–H groups in total. The van der Waals surface area contributed by atoms with Gasteiger partial charge >= 0.3 is 17.2 Å². The Hall–Kier alpha value is -2.85. The fraction of sp³-hybridized carbons (Fsp3) is 0.524. The summed E-state index contributed by atoms with van der Waals surface area (Å²) < 4.78 is 12.6. The van der Waals surface area contributed by atoms with E-state index in [0.29, 0.717) is 18.8 Å².